The summed E-state index contributed by atoms with van der Waals surface area (Å²) in [5.74, 6) is -0.268. The van der Waals surface area contributed by atoms with Crippen LogP contribution in [0, 0.1) is 5.82 Å². The number of hydrogen-bond donors (Lipinski definition) is 0. The standard InChI is InChI=1S/C12H7Cl3FNO/c1-18-12-8(4-7(16)5-17-12)11-9(14)2-6(13)3-10(11)15/h2-5H,1H3. The molecule has 2 nitrogen and oxygen atoms in total. The predicted molar refractivity (Wildman–Crippen MR) is 71.2 cm³/mol. The van der Waals surface area contributed by atoms with Gasteiger partial charge in [-0.3, -0.25) is 0 Å². The van der Waals surface area contributed by atoms with Crippen molar-refractivity contribution in [3.63, 3.8) is 0 Å². The fourth-order valence-corrected chi connectivity index (χ4v) is 2.59. The molecule has 0 fully saturated rings. The van der Waals surface area contributed by atoms with E-state index in [0.29, 0.717) is 26.2 Å². The molecule has 18 heavy (non-hydrogen) atoms. The van der Waals surface area contributed by atoms with Gasteiger partial charge in [0.2, 0.25) is 5.88 Å². The third-order valence-corrected chi connectivity index (χ3v) is 3.10. The van der Waals surface area contributed by atoms with E-state index < -0.39 is 5.82 Å². The highest BCUT2D eigenvalue weighted by atomic mass is 35.5. The van der Waals surface area contributed by atoms with E-state index >= 15 is 0 Å². The van der Waals surface area contributed by atoms with Gasteiger partial charge in [-0.2, -0.15) is 0 Å². The second-order valence-corrected chi connectivity index (χ2v) is 4.71. The van der Waals surface area contributed by atoms with E-state index in [1.165, 1.54) is 25.3 Å². The van der Waals surface area contributed by atoms with E-state index in [4.69, 9.17) is 39.5 Å². The van der Waals surface area contributed by atoms with Crippen molar-refractivity contribution in [3.05, 3.63) is 45.3 Å². The summed E-state index contributed by atoms with van der Waals surface area (Å²) in [6.07, 6.45) is 1.06. The van der Waals surface area contributed by atoms with Crippen molar-refractivity contribution in [2.24, 2.45) is 0 Å². The quantitative estimate of drug-likeness (QED) is 0.790. The maximum Gasteiger partial charge on any atom is 0.221 e. The largest absolute Gasteiger partial charge is 0.481 e. The van der Waals surface area contributed by atoms with E-state index in [9.17, 15) is 4.39 Å². The number of methoxy groups -OCH3 is 1. The van der Waals surface area contributed by atoms with Crippen molar-refractivity contribution in [2.45, 2.75) is 0 Å². The minimum Gasteiger partial charge on any atom is -0.481 e. The third kappa shape index (κ3) is 2.53. The fraction of sp³-hybridized carbons (Fsp3) is 0.0833. The highest BCUT2D eigenvalue weighted by Crippen LogP contribution is 2.40. The Kier molecular flexibility index (Phi) is 3.95. The summed E-state index contributed by atoms with van der Waals surface area (Å²) < 4.78 is 18.3. The maximum absolute atomic E-state index is 13.3. The zero-order chi connectivity index (χ0) is 13.3. The van der Waals surface area contributed by atoms with E-state index in [1.54, 1.807) is 0 Å². The molecule has 0 radical (unpaired) electrons. The lowest BCUT2D eigenvalue weighted by molar-refractivity contribution is 0.397. The highest BCUT2D eigenvalue weighted by molar-refractivity contribution is 6.41. The van der Waals surface area contributed by atoms with Crippen LogP contribution in [0.5, 0.6) is 5.88 Å². The summed E-state index contributed by atoms with van der Waals surface area (Å²) in [5.41, 5.74) is 0.816. The van der Waals surface area contributed by atoms with Crippen LogP contribution in [0.3, 0.4) is 0 Å². The Morgan fingerprint density at radius 1 is 1.11 bits per heavy atom. The number of nitrogens with zero attached hydrogens (tertiary/aromatic N) is 1. The second kappa shape index (κ2) is 5.31. The van der Waals surface area contributed by atoms with Crippen molar-refractivity contribution >= 4 is 34.8 Å². The molecule has 0 spiro atoms. The molecule has 94 valence electrons. The molecule has 0 aliphatic heterocycles. The molecule has 1 aromatic heterocycles. The van der Waals surface area contributed by atoms with Gasteiger partial charge in [0.05, 0.1) is 23.4 Å². The molecule has 0 amide bonds. The van der Waals surface area contributed by atoms with Crippen molar-refractivity contribution in [2.75, 3.05) is 7.11 Å². The summed E-state index contributed by atoms with van der Waals surface area (Å²) in [7, 11) is 1.43. The number of aromatic nitrogens is 1. The van der Waals surface area contributed by atoms with Crippen molar-refractivity contribution in [3.8, 4) is 17.0 Å². The summed E-state index contributed by atoms with van der Waals surface area (Å²) >= 11 is 18.0. The molecule has 0 saturated carbocycles. The number of hydrogen-bond acceptors (Lipinski definition) is 2. The molecule has 2 rings (SSSR count). The Morgan fingerprint density at radius 2 is 1.72 bits per heavy atom. The van der Waals surface area contributed by atoms with Crippen LogP contribution in [0.1, 0.15) is 0 Å². The summed E-state index contributed by atoms with van der Waals surface area (Å²) in [6, 6.07) is 4.30. The topological polar surface area (TPSA) is 22.1 Å². The monoisotopic (exact) mass is 305 g/mol. The van der Waals surface area contributed by atoms with Gasteiger partial charge < -0.3 is 4.74 Å². The lowest BCUT2D eigenvalue weighted by atomic mass is 10.1. The van der Waals surface area contributed by atoms with Crippen LogP contribution < -0.4 is 4.74 Å². The number of benzene rings is 1. The van der Waals surface area contributed by atoms with Gasteiger partial charge in [-0.15, -0.1) is 0 Å². The van der Waals surface area contributed by atoms with E-state index in [2.05, 4.69) is 4.98 Å². The molecule has 0 atom stereocenters. The predicted octanol–water partition coefficient (Wildman–Crippen LogP) is 4.86. The van der Waals surface area contributed by atoms with Crippen molar-refractivity contribution in [1.29, 1.82) is 0 Å². The summed E-state index contributed by atoms with van der Waals surface area (Å²) in [5, 5.41) is 1.01. The zero-order valence-electron chi connectivity index (χ0n) is 9.18. The molecule has 1 heterocycles. The minimum absolute atomic E-state index is 0.238. The lowest BCUT2D eigenvalue weighted by Gasteiger charge is -2.11. The Labute approximate surface area is 118 Å². The van der Waals surface area contributed by atoms with Crippen LogP contribution in [-0.2, 0) is 0 Å². The van der Waals surface area contributed by atoms with Gasteiger partial charge in [0.25, 0.3) is 0 Å². The molecule has 0 aliphatic carbocycles. The number of pyridine rings is 1. The van der Waals surface area contributed by atoms with Gasteiger partial charge in [0.1, 0.15) is 5.82 Å². The van der Waals surface area contributed by atoms with Crippen LogP contribution >= 0.6 is 34.8 Å². The van der Waals surface area contributed by atoms with Crippen molar-refractivity contribution in [1.82, 2.24) is 4.98 Å². The molecule has 0 aliphatic rings. The number of rotatable bonds is 2. The Bertz CT molecular complexity index is 581. The van der Waals surface area contributed by atoms with Gasteiger partial charge in [0, 0.05) is 16.1 Å². The van der Waals surface area contributed by atoms with Crippen LogP contribution in [0.4, 0.5) is 4.39 Å². The normalized spacial score (nSPS) is 10.5. The Hall–Kier alpha value is -1.03. The van der Waals surface area contributed by atoms with E-state index in [1.807, 2.05) is 0 Å². The first-order valence-electron chi connectivity index (χ1n) is 4.87. The third-order valence-electron chi connectivity index (χ3n) is 2.29. The summed E-state index contributed by atoms with van der Waals surface area (Å²) in [6.45, 7) is 0. The molecule has 1 aromatic carbocycles. The minimum atomic E-state index is -0.507. The number of ether oxygens (including phenoxy) is 1. The fourth-order valence-electron chi connectivity index (χ4n) is 1.57. The Balaban J connectivity index is 2.72. The van der Waals surface area contributed by atoms with Crippen LogP contribution in [0.25, 0.3) is 11.1 Å². The van der Waals surface area contributed by atoms with Crippen LogP contribution in [0.15, 0.2) is 24.4 Å². The first-order chi connectivity index (χ1) is 8.52. The van der Waals surface area contributed by atoms with E-state index in [0.717, 1.165) is 6.20 Å². The van der Waals surface area contributed by atoms with Gasteiger partial charge >= 0.3 is 0 Å². The van der Waals surface area contributed by atoms with Gasteiger partial charge in [-0.1, -0.05) is 34.8 Å². The second-order valence-electron chi connectivity index (χ2n) is 3.45. The average molecular weight is 307 g/mol. The Morgan fingerprint density at radius 3 is 2.28 bits per heavy atom. The summed E-state index contributed by atoms with van der Waals surface area (Å²) in [4.78, 5) is 3.83. The highest BCUT2D eigenvalue weighted by Gasteiger charge is 2.16. The lowest BCUT2D eigenvalue weighted by Crippen LogP contribution is -1.94. The van der Waals surface area contributed by atoms with Gasteiger partial charge in [-0.05, 0) is 18.2 Å². The van der Waals surface area contributed by atoms with E-state index in [-0.39, 0.29) is 5.88 Å². The average Bonchev–Trinajstić information content (AvgIpc) is 2.28. The molecule has 6 heteroatoms. The molecular weight excluding hydrogens is 299 g/mol. The van der Waals surface area contributed by atoms with Crippen molar-refractivity contribution < 1.29 is 9.13 Å². The molecule has 0 unspecified atom stereocenters. The molecular formula is C12H7Cl3FNO. The first-order valence-corrected chi connectivity index (χ1v) is 6.00. The maximum atomic E-state index is 13.3. The van der Waals surface area contributed by atoms with Gasteiger partial charge in [0.15, 0.2) is 0 Å². The molecule has 2 aromatic rings. The number of halogens is 4. The SMILES string of the molecule is COc1ncc(F)cc1-c1c(Cl)cc(Cl)cc1Cl. The molecule has 0 saturated heterocycles. The van der Waals surface area contributed by atoms with Gasteiger partial charge in [-0.25, -0.2) is 9.37 Å². The molecule has 0 bridgehead atoms. The molecule has 0 N–H and O–H groups in total. The van der Waals surface area contributed by atoms with Crippen LogP contribution in [-0.4, -0.2) is 12.1 Å². The first kappa shape index (κ1) is 13.4. The van der Waals surface area contributed by atoms with Crippen LogP contribution in [0.2, 0.25) is 15.1 Å². The zero-order valence-corrected chi connectivity index (χ0v) is 11.4. The smallest absolute Gasteiger partial charge is 0.221 e.